The Kier molecular flexibility index (Phi) is 4.92. The van der Waals surface area contributed by atoms with Gasteiger partial charge in [0.05, 0.1) is 18.6 Å². The monoisotopic (exact) mass is 419 g/mol. The van der Waals surface area contributed by atoms with Crippen LogP contribution in [-0.4, -0.2) is 52.2 Å². The fraction of sp³-hybridized carbons (Fsp3) is 0.520. The smallest absolute Gasteiger partial charge is 0.143 e. The number of aromatic amines is 1. The zero-order valence-corrected chi connectivity index (χ0v) is 18.0. The first-order valence-electron chi connectivity index (χ1n) is 11.7. The highest BCUT2D eigenvalue weighted by Crippen LogP contribution is 2.40. The van der Waals surface area contributed by atoms with Gasteiger partial charge in [0.25, 0.3) is 0 Å². The van der Waals surface area contributed by atoms with Gasteiger partial charge in [0, 0.05) is 38.1 Å². The molecular formula is C25H33N5O. The van der Waals surface area contributed by atoms with Crippen molar-refractivity contribution >= 4 is 16.9 Å². The molecule has 6 heteroatoms. The summed E-state index contributed by atoms with van der Waals surface area (Å²) < 4.78 is 5.58. The number of likely N-dealkylation sites (tertiary alicyclic amines) is 1. The first-order chi connectivity index (χ1) is 15.2. The van der Waals surface area contributed by atoms with Gasteiger partial charge in [-0.2, -0.15) is 0 Å². The number of hydrogen-bond donors (Lipinski definition) is 2. The van der Waals surface area contributed by atoms with Crippen LogP contribution in [0, 0.1) is 11.8 Å². The minimum Gasteiger partial charge on any atom is -0.383 e. The maximum Gasteiger partial charge on any atom is 0.143 e. The number of nitrogen functional groups attached to an aromatic ring is 1. The van der Waals surface area contributed by atoms with E-state index < -0.39 is 0 Å². The lowest BCUT2D eigenvalue weighted by Gasteiger charge is -2.32. The highest BCUT2D eigenvalue weighted by molar-refractivity contribution is 5.86. The van der Waals surface area contributed by atoms with Gasteiger partial charge in [-0.15, -0.1) is 0 Å². The SMILES string of the molecule is Nc1ncnc2[nH]c(C3CC3)cc12.[HH].c1ccc2c(c1)CC[C@H](N1CC3COCC3C1)C2. The van der Waals surface area contributed by atoms with Gasteiger partial charge >= 0.3 is 0 Å². The van der Waals surface area contributed by atoms with Crippen molar-refractivity contribution in [2.24, 2.45) is 11.8 Å². The van der Waals surface area contributed by atoms with Gasteiger partial charge in [-0.1, -0.05) is 24.3 Å². The predicted octanol–water partition coefficient (Wildman–Crippen LogP) is 3.79. The molecule has 2 aliphatic carbocycles. The molecule has 0 spiro atoms. The quantitative estimate of drug-likeness (QED) is 0.661. The number of rotatable bonds is 2. The lowest BCUT2D eigenvalue weighted by molar-refractivity contribution is 0.134. The van der Waals surface area contributed by atoms with Crippen molar-refractivity contribution in [1.29, 1.82) is 0 Å². The topological polar surface area (TPSA) is 80.1 Å². The van der Waals surface area contributed by atoms with Crippen LogP contribution in [0.25, 0.3) is 11.0 Å². The molecule has 7 rings (SSSR count). The normalized spacial score (nSPS) is 27.5. The molecule has 3 fully saturated rings. The molecule has 6 nitrogen and oxygen atoms in total. The van der Waals surface area contributed by atoms with Crippen LogP contribution in [0.4, 0.5) is 5.82 Å². The molecule has 0 radical (unpaired) electrons. The number of aryl methyl sites for hydroxylation is 1. The second kappa shape index (κ2) is 7.92. The van der Waals surface area contributed by atoms with E-state index in [0.29, 0.717) is 11.7 Å². The van der Waals surface area contributed by atoms with Gasteiger partial charge in [-0.3, -0.25) is 4.90 Å². The van der Waals surface area contributed by atoms with Gasteiger partial charge in [0.2, 0.25) is 0 Å². The molecule has 2 aromatic heterocycles. The molecule has 1 aromatic carbocycles. The molecule has 0 bridgehead atoms. The minimum absolute atomic E-state index is 0. The molecule has 0 amide bonds. The fourth-order valence-corrected chi connectivity index (χ4v) is 5.61. The second-order valence-electron chi connectivity index (χ2n) is 9.70. The van der Waals surface area contributed by atoms with Gasteiger partial charge in [-0.05, 0) is 55.2 Å². The Morgan fingerprint density at radius 2 is 1.81 bits per heavy atom. The van der Waals surface area contributed by atoms with Crippen LogP contribution in [0.3, 0.4) is 0 Å². The number of aromatic nitrogens is 3. The van der Waals surface area contributed by atoms with Crippen molar-refractivity contribution in [2.75, 3.05) is 32.0 Å². The molecule has 1 saturated carbocycles. The Bertz CT molecular complexity index is 1070. The van der Waals surface area contributed by atoms with E-state index in [1.54, 1.807) is 11.1 Å². The molecule has 4 aliphatic rings. The first-order valence-corrected chi connectivity index (χ1v) is 11.7. The van der Waals surface area contributed by atoms with Crippen LogP contribution in [0.5, 0.6) is 0 Å². The molecule has 31 heavy (non-hydrogen) atoms. The minimum atomic E-state index is 0. The highest BCUT2D eigenvalue weighted by Gasteiger charge is 2.40. The van der Waals surface area contributed by atoms with Gasteiger partial charge in [0.1, 0.15) is 17.8 Å². The molecular weight excluding hydrogens is 386 g/mol. The zero-order valence-electron chi connectivity index (χ0n) is 18.0. The van der Waals surface area contributed by atoms with Crippen molar-refractivity contribution < 1.29 is 6.16 Å². The van der Waals surface area contributed by atoms with Crippen LogP contribution in [0.2, 0.25) is 0 Å². The molecule has 2 unspecified atom stereocenters. The number of nitrogens with zero attached hydrogens (tertiary/aromatic N) is 3. The van der Waals surface area contributed by atoms with Crippen LogP contribution in [-0.2, 0) is 17.6 Å². The first kappa shape index (κ1) is 19.3. The second-order valence-corrected chi connectivity index (χ2v) is 9.70. The molecule has 164 valence electrons. The molecule has 3 atom stereocenters. The third-order valence-corrected chi connectivity index (χ3v) is 7.60. The maximum absolute atomic E-state index is 5.72. The molecule has 3 N–H and O–H groups in total. The number of H-pyrrole nitrogens is 1. The van der Waals surface area contributed by atoms with Crippen molar-refractivity contribution in [3.63, 3.8) is 0 Å². The van der Waals surface area contributed by atoms with Crippen LogP contribution in [0.1, 0.15) is 43.4 Å². The molecule has 2 saturated heterocycles. The summed E-state index contributed by atoms with van der Waals surface area (Å²) in [6, 6.07) is 11.8. The zero-order chi connectivity index (χ0) is 20.8. The fourth-order valence-electron chi connectivity index (χ4n) is 5.61. The lowest BCUT2D eigenvalue weighted by Crippen LogP contribution is -2.38. The van der Waals surface area contributed by atoms with Crippen LogP contribution < -0.4 is 5.73 Å². The highest BCUT2D eigenvalue weighted by atomic mass is 16.5. The summed E-state index contributed by atoms with van der Waals surface area (Å²) in [6.07, 6.45) is 7.92. The van der Waals surface area contributed by atoms with Crippen molar-refractivity contribution in [3.8, 4) is 0 Å². The van der Waals surface area contributed by atoms with E-state index >= 15 is 0 Å². The van der Waals surface area contributed by atoms with Gasteiger partial charge < -0.3 is 15.5 Å². The number of nitrogens with one attached hydrogen (secondary N) is 1. The number of fused-ring (bicyclic) bond motifs is 3. The number of benzene rings is 1. The third kappa shape index (κ3) is 3.83. The van der Waals surface area contributed by atoms with Crippen molar-refractivity contribution in [3.05, 3.63) is 53.5 Å². The summed E-state index contributed by atoms with van der Waals surface area (Å²) in [5.41, 5.74) is 11.0. The molecule has 2 aliphatic heterocycles. The Balaban J connectivity index is 0.000000137. The van der Waals surface area contributed by atoms with Gasteiger partial charge in [-0.25, -0.2) is 9.97 Å². The van der Waals surface area contributed by atoms with E-state index in [1.165, 1.54) is 57.2 Å². The Morgan fingerprint density at radius 3 is 2.55 bits per heavy atom. The Labute approximate surface area is 184 Å². The van der Waals surface area contributed by atoms with E-state index in [0.717, 1.165) is 42.1 Å². The summed E-state index contributed by atoms with van der Waals surface area (Å²) in [5, 5.41) is 0.949. The summed E-state index contributed by atoms with van der Waals surface area (Å²) in [4.78, 5) is 14.1. The van der Waals surface area contributed by atoms with Crippen molar-refractivity contribution in [1.82, 2.24) is 19.9 Å². The number of anilines is 1. The van der Waals surface area contributed by atoms with Crippen LogP contribution in [0.15, 0.2) is 36.7 Å². The summed E-state index contributed by atoms with van der Waals surface area (Å²) in [5.74, 6) is 2.91. The summed E-state index contributed by atoms with van der Waals surface area (Å²) >= 11 is 0. The van der Waals surface area contributed by atoms with Gasteiger partial charge in [0.15, 0.2) is 0 Å². The van der Waals surface area contributed by atoms with Crippen molar-refractivity contribution in [2.45, 2.75) is 44.1 Å². The predicted molar refractivity (Wildman–Crippen MR) is 124 cm³/mol. The maximum atomic E-state index is 5.72. The number of nitrogens with two attached hydrogens (primary N) is 1. The van der Waals surface area contributed by atoms with E-state index in [1.807, 2.05) is 0 Å². The average molecular weight is 420 g/mol. The number of ether oxygens (including phenoxy) is 1. The summed E-state index contributed by atoms with van der Waals surface area (Å²) in [6.45, 7) is 4.56. The largest absolute Gasteiger partial charge is 0.383 e. The van der Waals surface area contributed by atoms with Crippen LogP contribution >= 0.6 is 0 Å². The molecule has 4 heterocycles. The third-order valence-electron chi connectivity index (χ3n) is 7.60. The van der Waals surface area contributed by atoms with E-state index in [-0.39, 0.29) is 1.43 Å². The standard InChI is InChI=1S/C16H21NO.C9H10N4.H2/c1-2-4-13-7-16(6-5-12(13)3-1)17-8-14-10-18-11-15(14)9-17;10-8-6-3-7(5-1-2-5)13-9(6)12-4-11-8;/h1-4,14-16H,5-11H2;3-5H,1-2H2,(H3,10,11,12,13);1H/t14?,15?,16-;;/m0../s1. The Hall–Kier alpha value is -2.44. The van der Waals surface area contributed by atoms with E-state index in [4.69, 9.17) is 10.5 Å². The average Bonchev–Trinajstić information content (AvgIpc) is 3.19. The summed E-state index contributed by atoms with van der Waals surface area (Å²) in [7, 11) is 0. The van der Waals surface area contributed by atoms with E-state index in [9.17, 15) is 0 Å². The lowest BCUT2D eigenvalue weighted by atomic mass is 9.87. The van der Waals surface area contributed by atoms with E-state index in [2.05, 4.69) is 50.2 Å². The number of hydrogen-bond acceptors (Lipinski definition) is 5. The molecule has 3 aromatic rings. The Morgan fingerprint density at radius 1 is 1.03 bits per heavy atom.